The Bertz CT molecular complexity index is 1000. The lowest BCUT2D eigenvalue weighted by molar-refractivity contribution is -0.0243. The first-order chi connectivity index (χ1) is 15.0. The summed E-state index contributed by atoms with van der Waals surface area (Å²) >= 11 is 0. The lowest BCUT2D eigenvalue weighted by Crippen LogP contribution is -2.60. The fourth-order valence-corrected chi connectivity index (χ4v) is 6.67. The second-order valence-electron chi connectivity index (χ2n) is 10.4. The number of hydrogen-bond acceptors (Lipinski definition) is 2. The molecule has 0 aromatic heterocycles. The average Bonchev–Trinajstić information content (AvgIpc) is 3.56. The molecular weight excluding hydrogens is 384 g/mol. The molecule has 4 nitrogen and oxygen atoms in total. The summed E-state index contributed by atoms with van der Waals surface area (Å²) in [6.07, 6.45) is 6.10. The van der Waals surface area contributed by atoms with Gasteiger partial charge in [-0.3, -0.25) is 4.90 Å². The number of piperidine rings is 3. The van der Waals surface area contributed by atoms with E-state index in [0.29, 0.717) is 5.92 Å². The van der Waals surface area contributed by atoms with Gasteiger partial charge in [0.2, 0.25) is 0 Å². The molecule has 2 aromatic carbocycles. The molecule has 0 radical (unpaired) electrons. The maximum absolute atomic E-state index is 12.8. The van der Waals surface area contributed by atoms with E-state index in [0.717, 1.165) is 58.2 Å². The van der Waals surface area contributed by atoms with Gasteiger partial charge in [0.1, 0.15) is 0 Å². The Morgan fingerprint density at radius 2 is 1.74 bits per heavy atom. The van der Waals surface area contributed by atoms with Crippen molar-refractivity contribution in [2.75, 3.05) is 19.6 Å². The van der Waals surface area contributed by atoms with Crippen molar-refractivity contribution in [1.82, 2.24) is 9.80 Å². The smallest absolute Gasteiger partial charge is 0.408 e. The van der Waals surface area contributed by atoms with Crippen molar-refractivity contribution >= 4 is 6.09 Å². The van der Waals surface area contributed by atoms with Gasteiger partial charge in [-0.05, 0) is 98.2 Å². The highest BCUT2D eigenvalue weighted by Gasteiger charge is 2.57. The third-order valence-electron chi connectivity index (χ3n) is 8.67. The van der Waals surface area contributed by atoms with E-state index in [4.69, 9.17) is 0 Å². The molecule has 1 spiro atoms. The van der Waals surface area contributed by atoms with E-state index < -0.39 is 6.09 Å². The van der Waals surface area contributed by atoms with E-state index in [9.17, 15) is 9.90 Å². The number of carboxylic acid groups (broad SMARTS) is 1. The summed E-state index contributed by atoms with van der Waals surface area (Å²) in [4.78, 5) is 17.2. The summed E-state index contributed by atoms with van der Waals surface area (Å²) in [5.41, 5.74) is 6.47. The average molecular weight is 417 g/mol. The van der Waals surface area contributed by atoms with Gasteiger partial charge in [0.05, 0.1) is 12.1 Å². The van der Waals surface area contributed by atoms with Crippen molar-refractivity contribution in [2.24, 2.45) is 11.3 Å². The molecule has 2 aromatic rings. The SMILES string of the molecule is Cc1ccc(-c2ccc3c(c2)[C@@H](N(C(=O)O)C2CN4CCC2CC4)C2(CC3)CC2)cc1. The zero-order valence-electron chi connectivity index (χ0n) is 18.4. The van der Waals surface area contributed by atoms with Gasteiger partial charge in [-0.2, -0.15) is 0 Å². The third-order valence-corrected chi connectivity index (χ3v) is 8.67. The van der Waals surface area contributed by atoms with Crippen LogP contribution in [-0.2, 0) is 6.42 Å². The number of amides is 1. The number of fused-ring (bicyclic) bond motifs is 4. The minimum absolute atomic E-state index is 0.00435. The van der Waals surface area contributed by atoms with Crippen LogP contribution in [0.15, 0.2) is 42.5 Å². The molecule has 5 aliphatic rings. The van der Waals surface area contributed by atoms with Crippen LogP contribution in [0.5, 0.6) is 0 Å². The van der Waals surface area contributed by atoms with Gasteiger partial charge in [-0.15, -0.1) is 0 Å². The Morgan fingerprint density at radius 3 is 2.35 bits per heavy atom. The standard InChI is InChI=1S/C27H32N2O2/c1-18-2-4-19(5-3-18)22-7-6-20-8-11-27(12-13-27)25(23(20)16-22)29(26(30)31)24-17-28-14-9-21(24)10-15-28/h2-7,16,21,24-25H,8-15,17H2,1H3,(H,30,31)/t24?,25-/m1/s1. The molecule has 2 bridgehead atoms. The Kier molecular flexibility index (Phi) is 4.43. The molecule has 4 fully saturated rings. The van der Waals surface area contributed by atoms with Crippen LogP contribution in [0.25, 0.3) is 11.1 Å². The molecule has 7 rings (SSSR count). The fourth-order valence-electron chi connectivity index (χ4n) is 6.67. The number of rotatable bonds is 3. The fraction of sp³-hybridized carbons (Fsp3) is 0.519. The lowest BCUT2D eigenvalue weighted by atomic mass is 9.73. The molecule has 31 heavy (non-hydrogen) atoms. The molecule has 162 valence electrons. The predicted molar refractivity (Wildman–Crippen MR) is 122 cm³/mol. The van der Waals surface area contributed by atoms with E-state index in [1.807, 2.05) is 4.90 Å². The van der Waals surface area contributed by atoms with Crippen LogP contribution < -0.4 is 0 Å². The van der Waals surface area contributed by atoms with Gasteiger partial charge < -0.3 is 10.0 Å². The summed E-state index contributed by atoms with van der Waals surface area (Å²) in [5.74, 6) is 0.516. The highest BCUT2D eigenvalue weighted by molar-refractivity contribution is 5.69. The van der Waals surface area contributed by atoms with E-state index >= 15 is 0 Å². The van der Waals surface area contributed by atoms with Gasteiger partial charge in [0.15, 0.2) is 0 Å². The number of hydrogen-bond donors (Lipinski definition) is 1. The third kappa shape index (κ3) is 3.18. The maximum atomic E-state index is 12.8. The summed E-state index contributed by atoms with van der Waals surface area (Å²) in [5, 5.41) is 10.5. The Balaban J connectivity index is 1.44. The molecule has 1 N–H and O–H groups in total. The summed E-state index contributed by atoms with van der Waals surface area (Å²) in [7, 11) is 0. The molecule has 3 saturated heterocycles. The Morgan fingerprint density at radius 1 is 1.03 bits per heavy atom. The van der Waals surface area contributed by atoms with Gasteiger partial charge in [0.25, 0.3) is 0 Å². The molecular formula is C27H32N2O2. The summed E-state index contributed by atoms with van der Waals surface area (Å²) < 4.78 is 0. The van der Waals surface area contributed by atoms with Crippen molar-refractivity contribution in [3.63, 3.8) is 0 Å². The second kappa shape index (κ2) is 7.09. The van der Waals surface area contributed by atoms with Crippen LogP contribution in [0.2, 0.25) is 0 Å². The molecule has 2 atom stereocenters. The van der Waals surface area contributed by atoms with Crippen LogP contribution in [0.4, 0.5) is 4.79 Å². The zero-order valence-corrected chi connectivity index (χ0v) is 18.4. The molecule has 3 aliphatic heterocycles. The summed E-state index contributed by atoms with van der Waals surface area (Å²) in [6, 6.07) is 15.6. The molecule has 3 heterocycles. The monoisotopic (exact) mass is 416 g/mol. The number of aryl methyl sites for hydroxylation is 2. The van der Waals surface area contributed by atoms with Crippen molar-refractivity contribution in [3.05, 3.63) is 59.2 Å². The van der Waals surface area contributed by atoms with E-state index in [-0.39, 0.29) is 17.5 Å². The van der Waals surface area contributed by atoms with Crippen molar-refractivity contribution in [2.45, 2.75) is 57.5 Å². The van der Waals surface area contributed by atoms with Crippen LogP contribution in [-0.4, -0.2) is 46.7 Å². The largest absolute Gasteiger partial charge is 0.465 e. The van der Waals surface area contributed by atoms with Gasteiger partial charge in [0, 0.05) is 6.54 Å². The zero-order chi connectivity index (χ0) is 21.2. The van der Waals surface area contributed by atoms with Crippen molar-refractivity contribution < 1.29 is 9.90 Å². The first-order valence-corrected chi connectivity index (χ1v) is 12.0. The van der Waals surface area contributed by atoms with Gasteiger partial charge in [-0.25, -0.2) is 4.79 Å². The van der Waals surface area contributed by atoms with Gasteiger partial charge >= 0.3 is 6.09 Å². The van der Waals surface area contributed by atoms with Crippen molar-refractivity contribution in [3.8, 4) is 11.1 Å². The molecule has 1 saturated carbocycles. The first kappa shape index (κ1) is 19.4. The maximum Gasteiger partial charge on any atom is 0.408 e. The van der Waals surface area contributed by atoms with Crippen molar-refractivity contribution in [1.29, 1.82) is 0 Å². The number of nitrogens with zero attached hydrogens (tertiary/aromatic N) is 2. The van der Waals surface area contributed by atoms with E-state index in [1.54, 1.807) is 0 Å². The quantitative estimate of drug-likeness (QED) is 0.718. The number of benzene rings is 2. The lowest BCUT2D eigenvalue weighted by Gasteiger charge is -2.52. The van der Waals surface area contributed by atoms with E-state index in [1.165, 1.54) is 27.8 Å². The molecule has 1 unspecified atom stereocenters. The second-order valence-corrected chi connectivity index (χ2v) is 10.4. The predicted octanol–water partition coefficient (Wildman–Crippen LogP) is 5.50. The minimum Gasteiger partial charge on any atom is -0.465 e. The van der Waals surface area contributed by atoms with Crippen LogP contribution in [0.3, 0.4) is 0 Å². The highest BCUT2D eigenvalue weighted by atomic mass is 16.4. The van der Waals surface area contributed by atoms with E-state index in [2.05, 4.69) is 54.3 Å². The highest BCUT2D eigenvalue weighted by Crippen LogP contribution is 2.64. The molecule has 1 amide bonds. The van der Waals surface area contributed by atoms with Crippen LogP contribution in [0, 0.1) is 18.3 Å². The normalized spacial score (nSPS) is 30.1. The van der Waals surface area contributed by atoms with Gasteiger partial charge in [-0.1, -0.05) is 42.0 Å². The first-order valence-electron chi connectivity index (χ1n) is 12.0. The molecule has 4 heteroatoms. The number of carbonyl (C=O) groups is 1. The minimum atomic E-state index is -0.719. The van der Waals surface area contributed by atoms with Crippen LogP contribution in [0.1, 0.15) is 54.8 Å². The summed E-state index contributed by atoms with van der Waals surface area (Å²) in [6.45, 7) is 5.30. The topological polar surface area (TPSA) is 43.8 Å². The molecule has 2 aliphatic carbocycles. The Labute approximate surface area is 184 Å². The Hall–Kier alpha value is -2.33. The van der Waals surface area contributed by atoms with Crippen LogP contribution >= 0.6 is 0 Å².